The summed E-state index contributed by atoms with van der Waals surface area (Å²) in [5.74, 6) is 1.68. The number of rotatable bonds is 6. The smallest absolute Gasteiger partial charge is 0.223 e. The first-order valence-electron chi connectivity index (χ1n) is 6.58. The van der Waals surface area contributed by atoms with Gasteiger partial charge in [0.15, 0.2) is 0 Å². The number of nitrogen functional groups attached to an aromatic ring is 1. The van der Waals surface area contributed by atoms with Gasteiger partial charge in [0, 0.05) is 22.8 Å². The van der Waals surface area contributed by atoms with E-state index in [9.17, 15) is 0 Å². The van der Waals surface area contributed by atoms with E-state index >= 15 is 0 Å². The monoisotopic (exact) mass is 335 g/mol. The van der Waals surface area contributed by atoms with E-state index in [0.29, 0.717) is 5.82 Å². The number of halogens is 1. The molecule has 106 valence electrons. The molecule has 1 aromatic heterocycles. The van der Waals surface area contributed by atoms with Crippen molar-refractivity contribution in [1.82, 2.24) is 9.97 Å². The van der Waals surface area contributed by atoms with Gasteiger partial charge in [-0.2, -0.15) is 9.97 Å². The number of nitrogens with zero attached hydrogens (tertiary/aromatic N) is 2. The number of hydrogen-bond acceptors (Lipinski definition) is 5. The van der Waals surface area contributed by atoms with Crippen molar-refractivity contribution in [2.75, 3.05) is 22.9 Å². The molecule has 1 aromatic carbocycles. The number of unbranched alkanes of at least 4 members (excludes halogenated alkanes) is 1. The number of anilines is 4. The van der Waals surface area contributed by atoms with E-state index in [1.165, 1.54) is 0 Å². The van der Waals surface area contributed by atoms with Crippen LogP contribution in [0.15, 0.2) is 34.8 Å². The first kappa shape index (κ1) is 14.6. The van der Waals surface area contributed by atoms with Crippen LogP contribution in [-0.2, 0) is 0 Å². The largest absolute Gasteiger partial charge is 0.370 e. The van der Waals surface area contributed by atoms with Crippen LogP contribution in [0.2, 0.25) is 0 Å². The Kier molecular flexibility index (Phi) is 5.17. The molecule has 0 saturated carbocycles. The van der Waals surface area contributed by atoms with E-state index < -0.39 is 0 Å². The molecule has 6 heteroatoms. The number of hydrogen-bond donors (Lipinski definition) is 3. The Morgan fingerprint density at radius 3 is 2.55 bits per heavy atom. The quantitative estimate of drug-likeness (QED) is 0.700. The molecule has 0 atom stereocenters. The van der Waals surface area contributed by atoms with E-state index in [4.69, 9.17) is 5.73 Å². The highest BCUT2D eigenvalue weighted by atomic mass is 79.9. The number of benzene rings is 1. The Bertz CT molecular complexity index is 556. The van der Waals surface area contributed by atoms with E-state index in [1.54, 1.807) is 0 Å². The van der Waals surface area contributed by atoms with Crippen LogP contribution in [0, 0.1) is 0 Å². The zero-order valence-electron chi connectivity index (χ0n) is 11.4. The summed E-state index contributed by atoms with van der Waals surface area (Å²) in [6, 6.07) is 9.72. The summed E-state index contributed by atoms with van der Waals surface area (Å²) in [5, 5.41) is 6.45. The molecule has 0 unspecified atom stereocenters. The van der Waals surface area contributed by atoms with Gasteiger partial charge in [-0.1, -0.05) is 29.3 Å². The summed E-state index contributed by atoms with van der Waals surface area (Å²) < 4.78 is 1.03. The van der Waals surface area contributed by atoms with Crippen molar-refractivity contribution in [1.29, 1.82) is 0 Å². The summed E-state index contributed by atoms with van der Waals surface area (Å²) in [7, 11) is 0. The molecule has 2 aromatic rings. The SMILES string of the molecule is CCCCNc1cc(Nc2ccc(Br)cc2)nc(N)n1. The minimum absolute atomic E-state index is 0.256. The van der Waals surface area contributed by atoms with Crippen LogP contribution in [0.4, 0.5) is 23.3 Å². The van der Waals surface area contributed by atoms with Crippen molar-refractivity contribution >= 4 is 39.2 Å². The maximum atomic E-state index is 5.73. The standard InChI is InChI=1S/C14H18BrN5/c1-2-3-8-17-12-9-13(20-14(16)19-12)18-11-6-4-10(15)5-7-11/h4-7,9H,2-3,8H2,1H3,(H4,16,17,18,19,20). The summed E-state index contributed by atoms with van der Waals surface area (Å²) >= 11 is 3.41. The Labute approximate surface area is 127 Å². The maximum absolute atomic E-state index is 5.73. The van der Waals surface area contributed by atoms with Crippen LogP contribution in [-0.4, -0.2) is 16.5 Å². The van der Waals surface area contributed by atoms with Crippen molar-refractivity contribution in [3.05, 3.63) is 34.8 Å². The number of nitrogens with one attached hydrogen (secondary N) is 2. The van der Waals surface area contributed by atoms with Crippen LogP contribution in [0.25, 0.3) is 0 Å². The van der Waals surface area contributed by atoms with Gasteiger partial charge in [0.2, 0.25) is 5.95 Å². The lowest BCUT2D eigenvalue weighted by molar-refractivity contribution is 0.831. The van der Waals surface area contributed by atoms with Gasteiger partial charge >= 0.3 is 0 Å². The molecular weight excluding hydrogens is 318 g/mol. The van der Waals surface area contributed by atoms with E-state index in [0.717, 1.165) is 35.4 Å². The first-order valence-corrected chi connectivity index (χ1v) is 7.37. The van der Waals surface area contributed by atoms with Gasteiger partial charge in [0.25, 0.3) is 0 Å². The van der Waals surface area contributed by atoms with Crippen molar-refractivity contribution < 1.29 is 0 Å². The van der Waals surface area contributed by atoms with Gasteiger partial charge in [-0.05, 0) is 30.7 Å². The molecule has 0 radical (unpaired) electrons. The number of nitrogens with two attached hydrogens (primary N) is 1. The minimum Gasteiger partial charge on any atom is -0.370 e. The molecule has 1 heterocycles. The molecule has 0 fully saturated rings. The first-order chi connectivity index (χ1) is 9.67. The second-order valence-corrected chi connectivity index (χ2v) is 5.32. The fourth-order valence-electron chi connectivity index (χ4n) is 1.69. The lowest BCUT2D eigenvalue weighted by Crippen LogP contribution is -2.07. The van der Waals surface area contributed by atoms with Crippen molar-refractivity contribution in [3.63, 3.8) is 0 Å². The Balaban J connectivity index is 2.09. The Morgan fingerprint density at radius 1 is 1.15 bits per heavy atom. The topological polar surface area (TPSA) is 75.9 Å². The van der Waals surface area contributed by atoms with E-state index in [-0.39, 0.29) is 5.95 Å². The second-order valence-electron chi connectivity index (χ2n) is 4.41. The third-order valence-electron chi connectivity index (χ3n) is 2.70. The molecule has 0 amide bonds. The molecule has 0 aliphatic heterocycles. The maximum Gasteiger partial charge on any atom is 0.223 e. The Hall–Kier alpha value is -1.82. The third-order valence-corrected chi connectivity index (χ3v) is 3.23. The van der Waals surface area contributed by atoms with Crippen LogP contribution < -0.4 is 16.4 Å². The van der Waals surface area contributed by atoms with E-state index in [1.807, 2.05) is 30.3 Å². The molecule has 0 saturated heterocycles. The average Bonchev–Trinajstić information content (AvgIpc) is 2.41. The van der Waals surface area contributed by atoms with Crippen LogP contribution >= 0.6 is 15.9 Å². The molecule has 4 N–H and O–H groups in total. The van der Waals surface area contributed by atoms with Crippen molar-refractivity contribution in [2.24, 2.45) is 0 Å². The fraction of sp³-hybridized carbons (Fsp3) is 0.286. The summed E-state index contributed by atoms with van der Waals surface area (Å²) in [6.07, 6.45) is 2.23. The normalized spacial score (nSPS) is 10.3. The van der Waals surface area contributed by atoms with Crippen molar-refractivity contribution in [3.8, 4) is 0 Å². The Morgan fingerprint density at radius 2 is 1.85 bits per heavy atom. The van der Waals surface area contributed by atoms with Crippen LogP contribution in [0.3, 0.4) is 0 Å². The zero-order valence-corrected chi connectivity index (χ0v) is 12.9. The van der Waals surface area contributed by atoms with Gasteiger partial charge < -0.3 is 16.4 Å². The summed E-state index contributed by atoms with van der Waals surface area (Å²) in [5.41, 5.74) is 6.68. The predicted octanol–water partition coefficient (Wildman–Crippen LogP) is 3.78. The highest BCUT2D eigenvalue weighted by Gasteiger charge is 2.02. The molecule has 2 rings (SSSR count). The molecule has 0 bridgehead atoms. The molecular formula is C14H18BrN5. The van der Waals surface area contributed by atoms with Crippen molar-refractivity contribution in [2.45, 2.75) is 19.8 Å². The molecule has 0 aliphatic rings. The minimum atomic E-state index is 0.256. The molecule has 0 spiro atoms. The van der Waals surface area contributed by atoms with Gasteiger partial charge in [0.05, 0.1) is 0 Å². The molecule has 0 aliphatic carbocycles. The second kappa shape index (κ2) is 7.09. The lowest BCUT2D eigenvalue weighted by atomic mass is 10.3. The lowest BCUT2D eigenvalue weighted by Gasteiger charge is -2.09. The van der Waals surface area contributed by atoms with Gasteiger partial charge in [-0.25, -0.2) is 0 Å². The van der Waals surface area contributed by atoms with Gasteiger partial charge in [0.1, 0.15) is 11.6 Å². The zero-order chi connectivity index (χ0) is 14.4. The van der Waals surface area contributed by atoms with E-state index in [2.05, 4.69) is 43.5 Å². The van der Waals surface area contributed by atoms with Gasteiger partial charge in [-0.3, -0.25) is 0 Å². The third kappa shape index (κ3) is 4.38. The average molecular weight is 336 g/mol. The highest BCUT2D eigenvalue weighted by Crippen LogP contribution is 2.20. The van der Waals surface area contributed by atoms with Crippen LogP contribution in [0.1, 0.15) is 19.8 Å². The summed E-state index contributed by atoms with van der Waals surface area (Å²) in [6.45, 7) is 3.03. The molecule has 5 nitrogen and oxygen atoms in total. The summed E-state index contributed by atoms with van der Waals surface area (Å²) in [4.78, 5) is 8.35. The number of aromatic nitrogens is 2. The highest BCUT2D eigenvalue weighted by molar-refractivity contribution is 9.10. The fourth-order valence-corrected chi connectivity index (χ4v) is 1.96. The predicted molar refractivity (Wildman–Crippen MR) is 87.3 cm³/mol. The van der Waals surface area contributed by atoms with Crippen LogP contribution in [0.5, 0.6) is 0 Å². The molecule has 20 heavy (non-hydrogen) atoms. The van der Waals surface area contributed by atoms with Gasteiger partial charge in [-0.15, -0.1) is 0 Å².